The van der Waals surface area contributed by atoms with E-state index in [1.807, 2.05) is 6.92 Å². The highest BCUT2D eigenvalue weighted by Crippen LogP contribution is 2.30. The number of carbonyl (C=O) groups is 2. The molecule has 8 heteroatoms. The highest BCUT2D eigenvalue weighted by atomic mass is 35.5. The van der Waals surface area contributed by atoms with Crippen LogP contribution in [0.1, 0.15) is 28.4 Å². The molecule has 0 unspecified atom stereocenters. The fraction of sp³-hybridized carbons (Fsp3) is 0.0800. The summed E-state index contributed by atoms with van der Waals surface area (Å²) in [6.07, 6.45) is 0. The van der Waals surface area contributed by atoms with Crippen LogP contribution in [0, 0.1) is 6.92 Å². The van der Waals surface area contributed by atoms with Crippen LogP contribution in [-0.4, -0.2) is 17.5 Å². The number of hydrogen-bond acceptors (Lipinski definition) is 4. The van der Waals surface area contributed by atoms with Crippen LogP contribution in [0.3, 0.4) is 0 Å². The van der Waals surface area contributed by atoms with Crippen molar-refractivity contribution in [1.82, 2.24) is 5.32 Å². The molecule has 0 heterocycles. The SMILES string of the molecule is CC(C(=Nc1ccc(Cl)cc1Cl)c1ccc(Cl)cc1)=C(N)C(=O)NC(=O)c1ccc(C)cc1. The van der Waals surface area contributed by atoms with Gasteiger partial charge in [0.2, 0.25) is 0 Å². The quantitative estimate of drug-likeness (QED) is 0.320. The van der Waals surface area contributed by atoms with Crippen LogP contribution in [-0.2, 0) is 4.79 Å². The zero-order valence-corrected chi connectivity index (χ0v) is 20.1. The normalized spacial score (nSPS) is 12.2. The molecular weight excluding hydrogens is 481 g/mol. The van der Waals surface area contributed by atoms with Gasteiger partial charge in [0.1, 0.15) is 5.70 Å². The average molecular weight is 501 g/mol. The summed E-state index contributed by atoms with van der Waals surface area (Å²) >= 11 is 18.3. The van der Waals surface area contributed by atoms with Crippen LogP contribution < -0.4 is 11.1 Å². The van der Waals surface area contributed by atoms with Gasteiger partial charge < -0.3 is 5.73 Å². The van der Waals surface area contributed by atoms with Crippen molar-refractivity contribution < 1.29 is 9.59 Å². The van der Waals surface area contributed by atoms with Crippen molar-refractivity contribution in [3.8, 4) is 0 Å². The molecule has 0 aromatic heterocycles. The number of hydrogen-bond donors (Lipinski definition) is 2. The maximum Gasteiger partial charge on any atom is 0.274 e. The smallest absolute Gasteiger partial charge is 0.274 e. The molecule has 0 saturated heterocycles. The maximum atomic E-state index is 12.8. The van der Waals surface area contributed by atoms with Gasteiger partial charge in [0.15, 0.2) is 0 Å². The van der Waals surface area contributed by atoms with E-state index in [1.165, 1.54) is 0 Å². The van der Waals surface area contributed by atoms with Gasteiger partial charge in [-0.3, -0.25) is 14.9 Å². The van der Waals surface area contributed by atoms with Crippen LogP contribution >= 0.6 is 34.8 Å². The maximum absolute atomic E-state index is 12.8. The lowest BCUT2D eigenvalue weighted by molar-refractivity contribution is -0.116. The number of nitrogens with two attached hydrogens (primary N) is 1. The van der Waals surface area contributed by atoms with Crippen LogP contribution in [0.2, 0.25) is 15.1 Å². The van der Waals surface area contributed by atoms with Gasteiger partial charge in [-0.25, -0.2) is 4.99 Å². The Morgan fingerprint density at radius 3 is 2.03 bits per heavy atom. The summed E-state index contributed by atoms with van der Waals surface area (Å²) < 4.78 is 0. The summed E-state index contributed by atoms with van der Waals surface area (Å²) in [5.74, 6) is -1.29. The van der Waals surface area contributed by atoms with Gasteiger partial charge >= 0.3 is 0 Å². The molecule has 3 aromatic carbocycles. The summed E-state index contributed by atoms with van der Waals surface area (Å²) in [6, 6.07) is 18.6. The Morgan fingerprint density at radius 2 is 1.42 bits per heavy atom. The van der Waals surface area contributed by atoms with E-state index in [1.54, 1.807) is 73.7 Å². The fourth-order valence-electron chi connectivity index (χ4n) is 2.91. The lowest BCUT2D eigenvalue weighted by Crippen LogP contribution is -2.35. The topological polar surface area (TPSA) is 84.5 Å². The van der Waals surface area contributed by atoms with E-state index in [0.717, 1.165) is 5.56 Å². The van der Waals surface area contributed by atoms with Crippen molar-refractivity contribution in [2.24, 2.45) is 10.7 Å². The first-order valence-electron chi connectivity index (χ1n) is 9.84. The summed E-state index contributed by atoms with van der Waals surface area (Å²) in [5.41, 5.74) is 9.18. The molecule has 0 spiro atoms. The number of nitrogens with zero attached hydrogens (tertiary/aromatic N) is 1. The molecule has 0 aliphatic rings. The Bertz CT molecular complexity index is 1270. The van der Waals surface area contributed by atoms with Crippen molar-refractivity contribution in [3.05, 3.63) is 110 Å². The van der Waals surface area contributed by atoms with Gasteiger partial charge in [-0.05, 0) is 56.3 Å². The molecule has 0 bridgehead atoms. The van der Waals surface area contributed by atoms with Crippen molar-refractivity contribution in [3.63, 3.8) is 0 Å². The summed E-state index contributed by atoms with van der Waals surface area (Å²) in [7, 11) is 0. The number of carbonyl (C=O) groups excluding carboxylic acids is 2. The molecular formula is C25H20Cl3N3O2. The summed E-state index contributed by atoms with van der Waals surface area (Å²) in [4.78, 5) is 29.8. The second-order valence-corrected chi connectivity index (χ2v) is 8.53. The van der Waals surface area contributed by atoms with E-state index in [4.69, 9.17) is 40.5 Å². The van der Waals surface area contributed by atoms with E-state index in [0.29, 0.717) is 43.2 Å². The molecule has 0 aliphatic heterocycles. The summed E-state index contributed by atoms with van der Waals surface area (Å²) in [5, 5.41) is 3.65. The van der Waals surface area contributed by atoms with Crippen LogP contribution in [0.15, 0.2) is 83.0 Å². The molecule has 3 aromatic rings. The Balaban J connectivity index is 2.00. The number of benzene rings is 3. The van der Waals surface area contributed by atoms with Gasteiger partial charge in [0, 0.05) is 26.7 Å². The Kier molecular flexibility index (Phi) is 7.92. The lowest BCUT2D eigenvalue weighted by atomic mass is 10.0. The molecule has 3 rings (SSSR count). The van der Waals surface area contributed by atoms with Gasteiger partial charge in [-0.2, -0.15) is 0 Å². The molecule has 0 radical (unpaired) electrons. The third-order valence-electron chi connectivity index (χ3n) is 4.80. The first-order valence-corrected chi connectivity index (χ1v) is 11.0. The van der Waals surface area contributed by atoms with Crippen LogP contribution in [0.4, 0.5) is 5.69 Å². The second kappa shape index (κ2) is 10.7. The zero-order valence-electron chi connectivity index (χ0n) is 17.8. The number of nitrogens with one attached hydrogen (secondary N) is 1. The number of rotatable bonds is 5. The van der Waals surface area contributed by atoms with Crippen molar-refractivity contribution in [2.45, 2.75) is 13.8 Å². The van der Waals surface area contributed by atoms with E-state index < -0.39 is 11.8 Å². The minimum atomic E-state index is -0.734. The minimum absolute atomic E-state index is 0.158. The highest BCUT2D eigenvalue weighted by molar-refractivity contribution is 6.36. The monoisotopic (exact) mass is 499 g/mol. The molecule has 3 N–H and O–H groups in total. The van der Waals surface area contributed by atoms with Crippen molar-refractivity contribution >= 4 is 58.0 Å². The second-order valence-electron chi connectivity index (χ2n) is 7.25. The molecule has 168 valence electrons. The summed E-state index contributed by atoms with van der Waals surface area (Å²) in [6.45, 7) is 3.55. The van der Waals surface area contributed by atoms with E-state index in [9.17, 15) is 9.59 Å². The third-order valence-corrected chi connectivity index (χ3v) is 5.59. The van der Waals surface area contributed by atoms with E-state index in [-0.39, 0.29) is 5.70 Å². The minimum Gasteiger partial charge on any atom is -0.394 e. The Morgan fingerprint density at radius 1 is 0.848 bits per heavy atom. The number of halogens is 3. The fourth-order valence-corrected chi connectivity index (χ4v) is 3.49. The number of amides is 2. The molecule has 0 saturated carbocycles. The largest absolute Gasteiger partial charge is 0.394 e. The molecule has 33 heavy (non-hydrogen) atoms. The Hall–Kier alpha value is -3.12. The van der Waals surface area contributed by atoms with Gasteiger partial charge in [-0.1, -0.05) is 64.6 Å². The molecule has 0 atom stereocenters. The zero-order chi connectivity index (χ0) is 24.1. The van der Waals surface area contributed by atoms with Crippen molar-refractivity contribution in [2.75, 3.05) is 0 Å². The number of allylic oxidation sites excluding steroid dienone is 1. The van der Waals surface area contributed by atoms with E-state index >= 15 is 0 Å². The average Bonchev–Trinajstić information content (AvgIpc) is 2.78. The van der Waals surface area contributed by atoms with Crippen LogP contribution in [0.25, 0.3) is 0 Å². The Labute approximate surface area is 206 Å². The van der Waals surface area contributed by atoms with E-state index in [2.05, 4.69) is 10.3 Å². The third kappa shape index (κ3) is 6.23. The number of imide groups is 1. The molecule has 0 aliphatic carbocycles. The first-order chi connectivity index (χ1) is 15.7. The highest BCUT2D eigenvalue weighted by Gasteiger charge is 2.18. The van der Waals surface area contributed by atoms with Gasteiger partial charge in [0.05, 0.1) is 16.4 Å². The van der Waals surface area contributed by atoms with Crippen molar-refractivity contribution in [1.29, 1.82) is 0 Å². The predicted molar refractivity (Wildman–Crippen MR) is 135 cm³/mol. The van der Waals surface area contributed by atoms with Gasteiger partial charge in [-0.15, -0.1) is 0 Å². The lowest BCUT2D eigenvalue weighted by Gasteiger charge is -2.13. The molecule has 5 nitrogen and oxygen atoms in total. The number of aryl methyl sites for hydroxylation is 1. The predicted octanol–water partition coefficient (Wildman–Crippen LogP) is 6.27. The number of aliphatic imine (C=N–C) groups is 1. The standard InChI is InChI=1S/C25H20Cl3N3O2/c1-14-3-5-17(6-4-14)24(32)31-25(33)22(29)15(2)23(16-7-9-18(26)10-8-16)30-21-12-11-19(27)13-20(21)28/h3-13H,29H2,1-2H3,(H,31,32,33). The molecule has 0 fully saturated rings. The van der Waals surface area contributed by atoms with Gasteiger partial charge in [0.25, 0.3) is 11.8 Å². The first kappa shape index (κ1) is 24.5. The van der Waals surface area contributed by atoms with Crippen LogP contribution in [0.5, 0.6) is 0 Å². The molecule has 2 amide bonds.